The molecule has 100 valence electrons. The number of carbonyl (C=O) groups is 1. The van der Waals surface area contributed by atoms with Crippen molar-refractivity contribution in [3.63, 3.8) is 0 Å². The molecule has 1 rings (SSSR count). The molecule has 0 aromatic heterocycles. The van der Waals surface area contributed by atoms with E-state index in [1.54, 1.807) is 32.9 Å². The van der Waals surface area contributed by atoms with Crippen molar-refractivity contribution in [2.24, 2.45) is 5.92 Å². The average Bonchev–Trinajstić information content (AvgIpc) is 2.29. The molecule has 0 aliphatic rings. The van der Waals surface area contributed by atoms with Gasteiger partial charge in [-0.15, -0.1) is 0 Å². The molecular weight excluding hydrogens is 250 g/mol. The van der Waals surface area contributed by atoms with Gasteiger partial charge in [-0.25, -0.2) is 13.1 Å². The van der Waals surface area contributed by atoms with Gasteiger partial charge in [0.05, 0.1) is 11.4 Å². The molecule has 0 atom stereocenters. The first-order valence-electron chi connectivity index (χ1n) is 5.83. The molecule has 0 aliphatic carbocycles. The molecule has 5 heteroatoms. The number of Topliss-reactive ketones (excluding diaryl/α,β-unsaturated/α-hetero) is 1. The second kappa shape index (κ2) is 5.63. The van der Waals surface area contributed by atoms with Gasteiger partial charge in [-0.3, -0.25) is 4.79 Å². The molecule has 0 saturated heterocycles. The van der Waals surface area contributed by atoms with E-state index < -0.39 is 10.0 Å². The number of rotatable bonds is 5. The Bertz CT molecular complexity index is 547. The lowest BCUT2D eigenvalue weighted by Gasteiger charge is -2.10. The second-order valence-electron chi connectivity index (χ2n) is 4.71. The molecular formula is C13H19NO3S. The van der Waals surface area contributed by atoms with Gasteiger partial charge in [0.1, 0.15) is 5.78 Å². The summed E-state index contributed by atoms with van der Waals surface area (Å²) in [5.41, 5.74) is 1.54. The van der Waals surface area contributed by atoms with Gasteiger partial charge in [0.2, 0.25) is 10.0 Å². The van der Waals surface area contributed by atoms with E-state index >= 15 is 0 Å². The van der Waals surface area contributed by atoms with Gasteiger partial charge in [-0.2, -0.15) is 0 Å². The topological polar surface area (TPSA) is 63.2 Å². The maximum absolute atomic E-state index is 12.1. The van der Waals surface area contributed by atoms with E-state index in [2.05, 4.69) is 4.72 Å². The molecule has 1 aromatic rings. The van der Waals surface area contributed by atoms with Crippen LogP contribution >= 0.6 is 0 Å². The molecule has 0 unspecified atom stereocenters. The van der Waals surface area contributed by atoms with Gasteiger partial charge >= 0.3 is 0 Å². The maximum atomic E-state index is 12.1. The van der Waals surface area contributed by atoms with Crippen LogP contribution in [0.15, 0.2) is 23.1 Å². The van der Waals surface area contributed by atoms with Gasteiger partial charge in [0, 0.05) is 5.92 Å². The van der Waals surface area contributed by atoms with E-state index in [-0.39, 0.29) is 23.1 Å². The summed E-state index contributed by atoms with van der Waals surface area (Å²) >= 11 is 0. The minimum Gasteiger partial charge on any atom is -0.298 e. The number of aryl methyl sites for hydroxylation is 2. The molecule has 0 amide bonds. The van der Waals surface area contributed by atoms with E-state index in [1.807, 2.05) is 13.0 Å². The Hall–Kier alpha value is -1.20. The summed E-state index contributed by atoms with van der Waals surface area (Å²) in [6.07, 6.45) is 0. The van der Waals surface area contributed by atoms with Crippen LogP contribution in [0.5, 0.6) is 0 Å². The summed E-state index contributed by atoms with van der Waals surface area (Å²) in [6, 6.07) is 5.22. The summed E-state index contributed by atoms with van der Waals surface area (Å²) < 4.78 is 26.5. The maximum Gasteiger partial charge on any atom is 0.241 e. The number of hydrogen-bond acceptors (Lipinski definition) is 3. The highest BCUT2D eigenvalue weighted by Gasteiger charge is 2.18. The molecule has 0 bridgehead atoms. The zero-order valence-corrected chi connectivity index (χ0v) is 12.0. The summed E-state index contributed by atoms with van der Waals surface area (Å²) in [5, 5.41) is 0. The number of carbonyl (C=O) groups excluding carboxylic acids is 1. The predicted octanol–water partition coefficient (Wildman–Crippen LogP) is 1.81. The molecule has 0 radical (unpaired) electrons. The van der Waals surface area contributed by atoms with E-state index in [1.165, 1.54) is 0 Å². The van der Waals surface area contributed by atoms with Crippen LogP contribution in [0.2, 0.25) is 0 Å². The molecule has 18 heavy (non-hydrogen) atoms. The van der Waals surface area contributed by atoms with Crippen LogP contribution in [0.25, 0.3) is 0 Å². The quantitative estimate of drug-likeness (QED) is 0.886. The largest absolute Gasteiger partial charge is 0.298 e. The fourth-order valence-electron chi connectivity index (χ4n) is 1.44. The third kappa shape index (κ3) is 3.65. The molecule has 0 fully saturated rings. The van der Waals surface area contributed by atoms with Crippen LogP contribution in [0.1, 0.15) is 25.0 Å². The molecule has 0 saturated carbocycles. The molecule has 4 nitrogen and oxygen atoms in total. The van der Waals surface area contributed by atoms with E-state index in [0.29, 0.717) is 5.56 Å². The van der Waals surface area contributed by atoms with Crippen LogP contribution in [-0.2, 0) is 14.8 Å². The van der Waals surface area contributed by atoms with Gasteiger partial charge in [0.15, 0.2) is 0 Å². The highest BCUT2D eigenvalue weighted by Crippen LogP contribution is 2.16. The number of hydrogen-bond donors (Lipinski definition) is 1. The van der Waals surface area contributed by atoms with Crippen LogP contribution in [0.4, 0.5) is 0 Å². The van der Waals surface area contributed by atoms with Crippen LogP contribution in [-0.4, -0.2) is 20.7 Å². The fourth-order valence-corrected chi connectivity index (χ4v) is 2.77. The number of nitrogens with one attached hydrogen (secondary N) is 1. The Labute approximate surface area is 108 Å². The highest BCUT2D eigenvalue weighted by atomic mass is 32.2. The lowest BCUT2D eigenvalue weighted by Crippen LogP contribution is -2.32. The number of ketones is 1. The first-order chi connectivity index (χ1) is 8.24. The lowest BCUT2D eigenvalue weighted by atomic mass is 10.1. The van der Waals surface area contributed by atoms with Crippen molar-refractivity contribution in [3.05, 3.63) is 29.3 Å². The molecule has 0 aliphatic heterocycles. The van der Waals surface area contributed by atoms with Crippen molar-refractivity contribution in [2.45, 2.75) is 32.6 Å². The van der Waals surface area contributed by atoms with E-state index in [4.69, 9.17) is 0 Å². The van der Waals surface area contributed by atoms with Crippen molar-refractivity contribution in [1.29, 1.82) is 0 Å². The minimum atomic E-state index is -3.61. The summed E-state index contributed by atoms with van der Waals surface area (Å²) in [7, 11) is -3.61. The SMILES string of the molecule is Cc1ccc(C)c(S(=O)(=O)NCC(=O)C(C)C)c1. The smallest absolute Gasteiger partial charge is 0.241 e. The highest BCUT2D eigenvalue weighted by molar-refractivity contribution is 7.89. The molecule has 1 aromatic carbocycles. The average molecular weight is 269 g/mol. The first-order valence-corrected chi connectivity index (χ1v) is 7.32. The summed E-state index contributed by atoms with van der Waals surface area (Å²) in [6.45, 7) is 6.90. The van der Waals surface area contributed by atoms with Crippen molar-refractivity contribution in [3.8, 4) is 0 Å². The second-order valence-corrected chi connectivity index (χ2v) is 6.45. The number of sulfonamides is 1. The summed E-state index contributed by atoms with van der Waals surface area (Å²) in [4.78, 5) is 11.7. The standard InChI is InChI=1S/C13H19NO3S/c1-9(2)12(15)8-14-18(16,17)13-7-10(3)5-6-11(13)4/h5-7,9,14H,8H2,1-4H3. The van der Waals surface area contributed by atoms with Gasteiger partial charge in [-0.05, 0) is 31.0 Å². The molecule has 0 spiro atoms. The van der Waals surface area contributed by atoms with Crippen LogP contribution in [0.3, 0.4) is 0 Å². The predicted molar refractivity (Wildman–Crippen MR) is 70.9 cm³/mol. The van der Waals surface area contributed by atoms with Gasteiger partial charge in [-0.1, -0.05) is 26.0 Å². The third-order valence-corrected chi connectivity index (χ3v) is 4.26. The monoisotopic (exact) mass is 269 g/mol. The van der Waals surface area contributed by atoms with Gasteiger partial charge in [0.25, 0.3) is 0 Å². The van der Waals surface area contributed by atoms with Gasteiger partial charge < -0.3 is 0 Å². The Morgan fingerprint density at radius 1 is 1.28 bits per heavy atom. The van der Waals surface area contributed by atoms with Crippen LogP contribution < -0.4 is 4.72 Å². The zero-order chi connectivity index (χ0) is 13.9. The Morgan fingerprint density at radius 3 is 2.44 bits per heavy atom. The van der Waals surface area contributed by atoms with E-state index in [0.717, 1.165) is 5.56 Å². The van der Waals surface area contributed by atoms with Crippen LogP contribution in [0, 0.1) is 19.8 Å². The zero-order valence-electron chi connectivity index (χ0n) is 11.1. The molecule has 1 N–H and O–H groups in total. The Balaban J connectivity index is 2.93. The van der Waals surface area contributed by atoms with E-state index in [9.17, 15) is 13.2 Å². The van der Waals surface area contributed by atoms with Crippen molar-refractivity contribution >= 4 is 15.8 Å². The normalized spacial score (nSPS) is 11.8. The lowest BCUT2D eigenvalue weighted by molar-refractivity contribution is -0.120. The molecule has 0 heterocycles. The van der Waals surface area contributed by atoms with Crippen molar-refractivity contribution in [1.82, 2.24) is 4.72 Å². The number of benzene rings is 1. The Morgan fingerprint density at radius 2 is 1.89 bits per heavy atom. The first kappa shape index (κ1) is 14.9. The fraction of sp³-hybridized carbons (Fsp3) is 0.462. The van der Waals surface area contributed by atoms with Crippen molar-refractivity contribution < 1.29 is 13.2 Å². The minimum absolute atomic E-state index is 0.121. The Kier molecular flexibility index (Phi) is 4.65. The van der Waals surface area contributed by atoms with Crippen molar-refractivity contribution in [2.75, 3.05) is 6.54 Å². The third-order valence-electron chi connectivity index (χ3n) is 2.71. The summed E-state index contributed by atoms with van der Waals surface area (Å²) in [5.74, 6) is -0.296.